The SMILES string of the molecule is CCc1ccccc1OCCN1CC(C#N)CC1=O. The number of nitrogens with zero attached hydrogens (tertiary/aromatic N) is 2. The maximum absolute atomic E-state index is 11.6. The van der Waals surface area contributed by atoms with Crippen LogP contribution in [0.25, 0.3) is 0 Å². The Morgan fingerprint density at radius 2 is 2.26 bits per heavy atom. The van der Waals surface area contributed by atoms with Crippen LogP contribution in [-0.4, -0.2) is 30.5 Å². The van der Waals surface area contributed by atoms with Crippen molar-refractivity contribution in [3.63, 3.8) is 0 Å². The third-order valence-corrected chi connectivity index (χ3v) is 3.37. The van der Waals surface area contributed by atoms with Crippen molar-refractivity contribution in [2.75, 3.05) is 19.7 Å². The zero-order valence-electron chi connectivity index (χ0n) is 11.1. The van der Waals surface area contributed by atoms with E-state index in [0.29, 0.717) is 26.1 Å². The Labute approximate surface area is 113 Å². The number of hydrogen-bond donors (Lipinski definition) is 0. The molecule has 4 nitrogen and oxygen atoms in total. The van der Waals surface area contributed by atoms with Crippen molar-refractivity contribution in [1.29, 1.82) is 5.26 Å². The lowest BCUT2D eigenvalue weighted by molar-refractivity contribution is -0.128. The highest BCUT2D eigenvalue weighted by Crippen LogP contribution is 2.19. The Bertz CT molecular complexity index is 493. The fourth-order valence-electron chi connectivity index (χ4n) is 2.28. The first-order chi connectivity index (χ1) is 9.24. The number of aryl methyl sites for hydroxylation is 1. The van der Waals surface area contributed by atoms with Crippen LogP contribution < -0.4 is 4.74 Å². The number of likely N-dealkylation sites (tertiary alicyclic amines) is 1. The van der Waals surface area contributed by atoms with Crippen molar-refractivity contribution in [3.8, 4) is 11.8 Å². The molecule has 0 aliphatic carbocycles. The van der Waals surface area contributed by atoms with Crippen molar-refractivity contribution in [1.82, 2.24) is 4.90 Å². The summed E-state index contributed by atoms with van der Waals surface area (Å²) in [6.07, 6.45) is 1.28. The highest BCUT2D eigenvalue weighted by atomic mass is 16.5. The second-order valence-electron chi connectivity index (χ2n) is 4.68. The van der Waals surface area contributed by atoms with E-state index < -0.39 is 0 Å². The Kier molecular flexibility index (Phi) is 4.40. The molecule has 1 aliphatic heterocycles. The van der Waals surface area contributed by atoms with Crippen LogP contribution in [0.4, 0.5) is 0 Å². The van der Waals surface area contributed by atoms with Crippen LogP contribution in [0, 0.1) is 17.2 Å². The number of amides is 1. The Hall–Kier alpha value is -2.02. The summed E-state index contributed by atoms with van der Waals surface area (Å²) in [5.41, 5.74) is 1.17. The second kappa shape index (κ2) is 6.24. The minimum atomic E-state index is -0.157. The number of carbonyl (C=O) groups is 1. The lowest BCUT2D eigenvalue weighted by Gasteiger charge is -2.17. The summed E-state index contributed by atoms with van der Waals surface area (Å²) in [4.78, 5) is 13.3. The first kappa shape index (κ1) is 13.4. The fraction of sp³-hybridized carbons (Fsp3) is 0.467. The van der Waals surface area contributed by atoms with Crippen LogP contribution in [0.3, 0.4) is 0 Å². The third kappa shape index (κ3) is 3.25. The predicted molar refractivity (Wildman–Crippen MR) is 71.6 cm³/mol. The number of hydrogen-bond acceptors (Lipinski definition) is 3. The number of para-hydroxylation sites is 1. The molecule has 2 rings (SSSR count). The normalized spacial score (nSPS) is 18.4. The Balaban J connectivity index is 1.84. The number of carbonyl (C=O) groups excluding carboxylic acids is 1. The second-order valence-corrected chi connectivity index (χ2v) is 4.68. The summed E-state index contributed by atoms with van der Waals surface area (Å²) >= 11 is 0. The van der Waals surface area contributed by atoms with E-state index in [1.165, 1.54) is 5.56 Å². The van der Waals surface area contributed by atoms with Crippen molar-refractivity contribution in [3.05, 3.63) is 29.8 Å². The molecule has 1 heterocycles. The lowest BCUT2D eigenvalue weighted by atomic mass is 10.1. The first-order valence-electron chi connectivity index (χ1n) is 6.62. The summed E-state index contributed by atoms with van der Waals surface area (Å²) in [5, 5.41) is 8.81. The van der Waals surface area contributed by atoms with E-state index in [-0.39, 0.29) is 11.8 Å². The molecule has 1 saturated heterocycles. The van der Waals surface area contributed by atoms with Gasteiger partial charge in [-0.3, -0.25) is 4.79 Å². The van der Waals surface area contributed by atoms with Crippen LogP contribution >= 0.6 is 0 Å². The van der Waals surface area contributed by atoms with Gasteiger partial charge < -0.3 is 9.64 Å². The van der Waals surface area contributed by atoms with E-state index in [9.17, 15) is 4.79 Å². The standard InChI is InChI=1S/C15H18N2O2/c1-2-13-5-3-4-6-14(13)19-8-7-17-11-12(10-16)9-15(17)18/h3-6,12H,2,7-9,11H2,1H3. The van der Waals surface area contributed by atoms with Crippen molar-refractivity contribution in [2.24, 2.45) is 5.92 Å². The molecule has 1 aromatic carbocycles. The summed E-state index contributed by atoms with van der Waals surface area (Å²) < 4.78 is 5.73. The molecule has 0 radical (unpaired) electrons. The van der Waals surface area contributed by atoms with Gasteiger partial charge >= 0.3 is 0 Å². The van der Waals surface area contributed by atoms with Crippen LogP contribution in [0.1, 0.15) is 18.9 Å². The van der Waals surface area contributed by atoms with Gasteiger partial charge in [0.2, 0.25) is 5.91 Å². The zero-order chi connectivity index (χ0) is 13.7. The minimum Gasteiger partial charge on any atom is -0.491 e. The monoisotopic (exact) mass is 258 g/mol. The largest absolute Gasteiger partial charge is 0.491 e. The van der Waals surface area contributed by atoms with E-state index in [4.69, 9.17) is 10.00 Å². The average Bonchev–Trinajstić information content (AvgIpc) is 2.80. The maximum Gasteiger partial charge on any atom is 0.224 e. The molecule has 1 atom stereocenters. The van der Waals surface area contributed by atoms with E-state index in [1.54, 1.807) is 4.90 Å². The quantitative estimate of drug-likeness (QED) is 0.811. The molecular weight excluding hydrogens is 240 g/mol. The molecule has 1 unspecified atom stereocenters. The molecule has 1 aliphatic rings. The zero-order valence-corrected chi connectivity index (χ0v) is 11.1. The molecular formula is C15H18N2O2. The van der Waals surface area contributed by atoms with Gasteiger partial charge in [0.1, 0.15) is 12.4 Å². The first-order valence-corrected chi connectivity index (χ1v) is 6.62. The minimum absolute atomic E-state index is 0.0546. The maximum atomic E-state index is 11.6. The molecule has 4 heteroatoms. The molecule has 0 spiro atoms. The summed E-state index contributed by atoms with van der Waals surface area (Å²) in [6.45, 7) is 3.65. The molecule has 0 saturated carbocycles. The summed E-state index contributed by atoms with van der Waals surface area (Å²) in [6, 6.07) is 10.1. The number of nitriles is 1. The predicted octanol–water partition coefficient (Wildman–Crippen LogP) is 2.00. The molecule has 19 heavy (non-hydrogen) atoms. The van der Waals surface area contributed by atoms with Gasteiger partial charge in [0, 0.05) is 13.0 Å². The van der Waals surface area contributed by atoms with Gasteiger partial charge in [-0.15, -0.1) is 0 Å². The van der Waals surface area contributed by atoms with Gasteiger partial charge in [0.15, 0.2) is 0 Å². The molecule has 1 amide bonds. The van der Waals surface area contributed by atoms with E-state index in [2.05, 4.69) is 13.0 Å². The highest BCUT2D eigenvalue weighted by molar-refractivity contribution is 5.79. The van der Waals surface area contributed by atoms with Crippen molar-refractivity contribution in [2.45, 2.75) is 19.8 Å². The molecule has 1 aromatic rings. The topological polar surface area (TPSA) is 53.3 Å². The molecule has 1 fully saturated rings. The van der Waals surface area contributed by atoms with Gasteiger partial charge in [-0.1, -0.05) is 25.1 Å². The van der Waals surface area contributed by atoms with Crippen LogP contribution in [0.15, 0.2) is 24.3 Å². The van der Waals surface area contributed by atoms with Crippen LogP contribution in [0.5, 0.6) is 5.75 Å². The third-order valence-electron chi connectivity index (χ3n) is 3.37. The van der Waals surface area contributed by atoms with E-state index in [1.807, 2.05) is 24.3 Å². The number of ether oxygens (including phenoxy) is 1. The molecule has 100 valence electrons. The number of benzene rings is 1. The summed E-state index contributed by atoms with van der Waals surface area (Å²) in [5.74, 6) is 0.780. The molecule has 0 bridgehead atoms. The van der Waals surface area contributed by atoms with Gasteiger partial charge in [0.05, 0.1) is 18.5 Å². The molecule has 0 aromatic heterocycles. The Morgan fingerprint density at radius 1 is 1.47 bits per heavy atom. The van der Waals surface area contributed by atoms with Crippen LogP contribution in [-0.2, 0) is 11.2 Å². The smallest absolute Gasteiger partial charge is 0.224 e. The fourth-order valence-corrected chi connectivity index (χ4v) is 2.28. The van der Waals surface area contributed by atoms with Gasteiger partial charge in [-0.2, -0.15) is 5.26 Å². The van der Waals surface area contributed by atoms with Crippen molar-refractivity contribution >= 4 is 5.91 Å². The van der Waals surface area contributed by atoms with Crippen LogP contribution in [0.2, 0.25) is 0 Å². The number of rotatable bonds is 5. The van der Waals surface area contributed by atoms with E-state index in [0.717, 1.165) is 12.2 Å². The van der Waals surface area contributed by atoms with Gasteiger partial charge in [-0.25, -0.2) is 0 Å². The van der Waals surface area contributed by atoms with Crippen molar-refractivity contribution < 1.29 is 9.53 Å². The molecule has 0 N–H and O–H groups in total. The Morgan fingerprint density at radius 3 is 2.95 bits per heavy atom. The summed E-state index contributed by atoms with van der Waals surface area (Å²) in [7, 11) is 0. The van der Waals surface area contributed by atoms with E-state index >= 15 is 0 Å². The average molecular weight is 258 g/mol. The lowest BCUT2D eigenvalue weighted by Crippen LogP contribution is -2.29. The highest BCUT2D eigenvalue weighted by Gasteiger charge is 2.28. The van der Waals surface area contributed by atoms with Gasteiger partial charge in [-0.05, 0) is 18.1 Å². The van der Waals surface area contributed by atoms with Gasteiger partial charge in [0.25, 0.3) is 0 Å².